The van der Waals surface area contributed by atoms with Crippen molar-refractivity contribution in [2.75, 3.05) is 6.16 Å². The van der Waals surface area contributed by atoms with E-state index in [1.165, 1.54) is 37.7 Å². The molecule has 5 aromatic carbocycles. The molecule has 0 radical (unpaired) electrons. The maximum atomic E-state index is 2.53. The molecule has 1 heterocycles. The first-order valence-electron chi connectivity index (χ1n) is 12.5. The van der Waals surface area contributed by atoms with Crippen molar-refractivity contribution in [3.63, 3.8) is 0 Å². The molecule has 0 N–H and O–H groups in total. The van der Waals surface area contributed by atoms with Crippen LogP contribution in [0, 0.1) is 0 Å². The maximum absolute atomic E-state index is 2.53. The van der Waals surface area contributed by atoms with Gasteiger partial charge in [-0.25, -0.2) is 0 Å². The first kappa shape index (κ1) is 21.8. The fourth-order valence-corrected chi connectivity index (χ4v) is 10.7. The fourth-order valence-electron chi connectivity index (χ4n) is 5.85. The summed E-state index contributed by atoms with van der Waals surface area (Å²) in [5, 5.41) is 7.15. The number of aromatic nitrogens is 1. The molecule has 6 aromatic rings. The van der Waals surface area contributed by atoms with Crippen LogP contribution in [0.1, 0.15) is 6.42 Å². The van der Waals surface area contributed by atoms with Crippen molar-refractivity contribution in [2.24, 2.45) is 0 Å². The molecule has 0 aliphatic carbocycles. The van der Waals surface area contributed by atoms with Crippen LogP contribution < -0.4 is 15.9 Å². The van der Waals surface area contributed by atoms with E-state index in [4.69, 9.17) is 0 Å². The van der Waals surface area contributed by atoms with Gasteiger partial charge >= 0.3 is 208 Å². The fraction of sp³-hybridized carbons (Fsp3) is 0.0909. The Hall–Kier alpha value is -3.67. The van der Waals surface area contributed by atoms with E-state index in [-0.39, 0.29) is 0 Å². The third-order valence-corrected chi connectivity index (χ3v) is 12.5. The third-order valence-electron chi connectivity index (χ3n) is 7.41. The molecule has 1 nitrogen and oxygen atoms in total. The van der Waals surface area contributed by atoms with Crippen molar-refractivity contribution in [2.45, 2.75) is 13.0 Å². The van der Waals surface area contributed by atoms with E-state index < -0.39 is 7.26 Å². The van der Waals surface area contributed by atoms with Crippen LogP contribution in [0.25, 0.3) is 21.8 Å². The summed E-state index contributed by atoms with van der Waals surface area (Å²) in [4.78, 5) is 0. The minimum atomic E-state index is -2.21. The molecule has 0 atom stereocenters. The predicted molar refractivity (Wildman–Crippen MR) is 155 cm³/mol. The van der Waals surface area contributed by atoms with Crippen LogP contribution in [0.5, 0.6) is 0 Å². The molecule has 0 spiro atoms. The Morgan fingerprint density at radius 3 is 1.23 bits per heavy atom. The summed E-state index contributed by atoms with van der Waals surface area (Å²) in [5.74, 6) is 0. The number of benzene rings is 5. The second-order valence-electron chi connectivity index (χ2n) is 9.29. The molecule has 0 fully saturated rings. The summed E-state index contributed by atoms with van der Waals surface area (Å²) >= 11 is 0. The predicted octanol–water partition coefficient (Wildman–Crippen LogP) is 6.91. The van der Waals surface area contributed by atoms with Crippen LogP contribution in [-0.4, -0.2) is 10.7 Å². The second-order valence-corrected chi connectivity index (χ2v) is 13.3. The monoisotopic (exact) mass is 471 g/mol. The Kier molecular flexibility index (Phi) is 5.94. The van der Waals surface area contributed by atoms with Gasteiger partial charge in [0.05, 0.1) is 0 Å². The molecule has 0 amide bonds. The summed E-state index contributed by atoms with van der Waals surface area (Å²) in [5.41, 5.74) is 2.67. The second kappa shape index (κ2) is 9.53. The van der Waals surface area contributed by atoms with Crippen molar-refractivity contribution < 1.29 is 0 Å². The van der Waals surface area contributed by atoms with Gasteiger partial charge in [0.2, 0.25) is 0 Å². The van der Waals surface area contributed by atoms with E-state index in [1.54, 1.807) is 0 Å². The van der Waals surface area contributed by atoms with Crippen LogP contribution in [0.15, 0.2) is 140 Å². The molecule has 0 bridgehead atoms. The molecular formula is C33H30NP. The van der Waals surface area contributed by atoms with Crippen molar-refractivity contribution in [3.8, 4) is 0 Å². The molecule has 0 aliphatic heterocycles. The van der Waals surface area contributed by atoms with Crippen molar-refractivity contribution >= 4 is 45.0 Å². The van der Waals surface area contributed by atoms with Gasteiger partial charge in [-0.2, -0.15) is 0 Å². The molecule has 0 aliphatic rings. The zero-order chi connectivity index (χ0) is 23.5. The van der Waals surface area contributed by atoms with Crippen LogP contribution in [0.3, 0.4) is 0 Å². The summed E-state index contributed by atoms with van der Waals surface area (Å²) in [6, 6.07) is 51.4. The summed E-state index contributed by atoms with van der Waals surface area (Å²) in [6.45, 7) is 1.01. The van der Waals surface area contributed by atoms with Crippen LogP contribution in [0.2, 0.25) is 0 Å². The van der Waals surface area contributed by atoms with E-state index in [2.05, 4.69) is 144 Å². The molecule has 35 heavy (non-hydrogen) atoms. The van der Waals surface area contributed by atoms with E-state index >= 15 is 0 Å². The Morgan fingerprint density at radius 1 is 0.429 bits per heavy atom. The van der Waals surface area contributed by atoms with Gasteiger partial charge in [0.1, 0.15) is 0 Å². The number of hydrogen-bond acceptors (Lipinski definition) is 0. The van der Waals surface area contributed by atoms with E-state index in [0.717, 1.165) is 19.1 Å². The Labute approximate surface area is 208 Å². The average Bonchev–Trinajstić information content (AvgIpc) is 3.26. The number of fused-ring (bicyclic) bond motifs is 3. The van der Waals surface area contributed by atoms with Crippen LogP contribution in [-0.2, 0) is 6.54 Å². The Bertz CT molecular complexity index is 1400. The number of rotatable bonds is 7. The Balaban J connectivity index is 1.45. The van der Waals surface area contributed by atoms with Crippen molar-refractivity contribution in [3.05, 3.63) is 140 Å². The summed E-state index contributed by atoms with van der Waals surface area (Å²) in [6.07, 6.45) is 2.28. The number of aryl methyl sites for hydroxylation is 1. The van der Waals surface area contributed by atoms with Gasteiger partial charge in [-0.05, 0) is 0 Å². The van der Waals surface area contributed by atoms with Gasteiger partial charge in [-0.15, -0.1) is 0 Å². The van der Waals surface area contributed by atoms with E-state index in [9.17, 15) is 0 Å². The zero-order valence-corrected chi connectivity index (χ0v) is 20.8. The molecule has 2 heteroatoms. The molecular weight excluding hydrogens is 441 g/mol. The minimum absolute atomic E-state index is 1.01. The number of hydrogen-bond donors (Lipinski definition) is 0. The molecule has 6 rings (SSSR count). The molecule has 1 aromatic heterocycles. The van der Waals surface area contributed by atoms with Gasteiger partial charge in [-0.3, -0.25) is 0 Å². The van der Waals surface area contributed by atoms with Gasteiger partial charge in [0, 0.05) is 0 Å². The SMILES string of the molecule is c1ccc([PH](CCCn2c3ccccc3c3ccccc32)(c2ccccc2)c2ccccc2)cc1. The third kappa shape index (κ3) is 3.87. The molecule has 0 unspecified atom stereocenters. The normalized spacial score (nSPS) is 12.2. The molecule has 0 saturated carbocycles. The van der Waals surface area contributed by atoms with Gasteiger partial charge in [0.15, 0.2) is 0 Å². The average molecular weight is 472 g/mol. The van der Waals surface area contributed by atoms with E-state index in [0.29, 0.717) is 0 Å². The number of nitrogens with zero attached hydrogens (tertiary/aromatic N) is 1. The van der Waals surface area contributed by atoms with Gasteiger partial charge in [-0.1, -0.05) is 0 Å². The van der Waals surface area contributed by atoms with Gasteiger partial charge < -0.3 is 0 Å². The molecule has 0 saturated heterocycles. The topological polar surface area (TPSA) is 4.93 Å². The van der Waals surface area contributed by atoms with Crippen LogP contribution >= 0.6 is 7.26 Å². The van der Waals surface area contributed by atoms with Crippen LogP contribution in [0.4, 0.5) is 0 Å². The summed E-state index contributed by atoms with van der Waals surface area (Å²) in [7, 11) is -2.21. The standard InChI is InChI=1S/C33H30NP/c1-4-15-27(16-5-1)35(28-17-6-2-7-18-28,29-19-8-3-9-20-29)26-14-25-34-32-23-12-10-21-30(32)31-22-11-13-24-33(31)34/h1-13,15-24,35H,14,25-26H2. The summed E-state index contributed by atoms with van der Waals surface area (Å²) < 4.78 is 2.53. The Morgan fingerprint density at radius 2 is 0.800 bits per heavy atom. The van der Waals surface area contributed by atoms with Crippen molar-refractivity contribution in [1.29, 1.82) is 0 Å². The zero-order valence-electron chi connectivity index (χ0n) is 19.8. The quantitative estimate of drug-likeness (QED) is 0.223. The van der Waals surface area contributed by atoms with Gasteiger partial charge in [0.25, 0.3) is 0 Å². The first-order chi connectivity index (χ1) is 17.4. The van der Waals surface area contributed by atoms with Crippen molar-refractivity contribution in [1.82, 2.24) is 4.57 Å². The first-order valence-corrected chi connectivity index (χ1v) is 14.7. The van der Waals surface area contributed by atoms with E-state index in [1.807, 2.05) is 0 Å². The number of para-hydroxylation sites is 2. The molecule has 172 valence electrons.